The SMILES string of the molecule is C=C/C=C\C=C(/C)c1ccccc1-c1cc2c3ccc(C)cc3c3cc(C)ccc3c2cc1C(/C=C([B]C)\C=C/C)CC. The van der Waals surface area contributed by atoms with Crippen LogP contribution in [0.25, 0.3) is 49.0 Å². The maximum absolute atomic E-state index is 3.84. The molecule has 0 aliphatic heterocycles. The Morgan fingerprint density at radius 2 is 1.42 bits per heavy atom. The largest absolute Gasteiger partial charge is 0.147 e. The fraction of sp³-hybridized carbons (Fsp3) is 0.190. The molecular formula is C42H42B. The van der Waals surface area contributed by atoms with Crippen molar-refractivity contribution in [2.45, 2.75) is 53.8 Å². The monoisotopic (exact) mass is 557 g/mol. The minimum absolute atomic E-state index is 0.258. The van der Waals surface area contributed by atoms with Gasteiger partial charge >= 0.3 is 0 Å². The van der Waals surface area contributed by atoms with Crippen molar-refractivity contribution in [3.63, 3.8) is 0 Å². The van der Waals surface area contributed by atoms with Crippen LogP contribution in [0, 0.1) is 13.8 Å². The van der Waals surface area contributed by atoms with Gasteiger partial charge in [0.1, 0.15) is 7.28 Å². The highest BCUT2D eigenvalue weighted by molar-refractivity contribution is 6.44. The second-order valence-electron chi connectivity index (χ2n) is 11.6. The average molecular weight is 558 g/mol. The van der Waals surface area contributed by atoms with Gasteiger partial charge in [-0.2, -0.15) is 0 Å². The molecule has 1 unspecified atom stereocenters. The van der Waals surface area contributed by atoms with E-state index < -0.39 is 0 Å². The van der Waals surface area contributed by atoms with Crippen LogP contribution in [-0.2, 0) is 0 Å². The van der Waals surface area contributed by atoms with Crippen molar-refractivity contribution in [1.82, 2.24) is 0 Å². The normalized spacial score (nSPS) is 13.5. The Balaban J connectivity index is 1.94. The molecule has 0 amide bonds. The Morgan fingerprint density at radius 1 is 0.791 bits per heavy atom. The van der Waals surface area contributed by atoms with Crippen molar-refractivity contribution in [2.75, 3.05) is 0 Å². The molecule has 1 heteroatoms. The molecule has 5 aromatic rings. The molecule has 213 valence electrons. The minimum atomic E-state index is 0.258. The zero-order chi connectivity index (χ0) is 30.5. The van der Waals surface area contributed by atoms with E-state index in [1.807, 2.05) is 12.2 Å². The predicted octanol–water partition coefficient (Wildman–Crippen LogP) is 12.3. The third-order valence-electron chi connectivity index (χ3n) is 8.57. The number of hydrogen-bond donors (Lipinski definition) is 0. The molecule has 0 saturated heterocycles. The Morgan fingerprint density at radius 3 is 2.02 bits per heavy atom. The molecular weight excluding hydrogens is 515 g/mol. The van der Waals surface area contributed by atoms with Crippen LogP contribution in [0.2, 0.25) is 6.82 Å². The summed E-state index contributed by atoms with van der Waals surface area (Å²) in [4.78, 5) is 0. The summed E-state index contributed by atoms with van der Waals surface area (Å²) in [5, 5.41) is 7.92. The zero-order valence-electron chi connectivity index (χ0n) is 26.5. The van der Waals surface area contributed by atoms with E-state index in [0.717, 1.165) is 6.42 Å². The molecule has 0 fully saturated rings. The summed E-state index contributed by atoms with van der Waals surface area (Å²) in [7, 11) is 2.21. The fourth-order valence-corrected chi connectivity index (χ4v) is 6.36. The van der Waals surface area contributed by atoms with Crippen LogP contribution in [0.15, 0.2) is 127 Å². The molecule has 0 saturated carbocycles. The van der Waals surface area contributed by atoms with Crippen LogP contribution in [0.5, 0.6) is 0 Å². The number of allylic oxidation sites excluding steroid dienone is 9. The first-order valence-corrected chi connectivity index (χ1v) is 15.5. The van der Waals surface area contributed by atoms with Gasteiger partial charge in [0.05, 0.1) is 0 Å². The molecule has 1 atom stereocenters. The second kappa shape index (κ2) is 13.3. The summed E-state index contributed by atoms with van der Waals surface area (Å²) in [6.07, 6.45) is 15.9. The summed E-state index contributed by atoms with van der Waals surface area (Å²) in [6.45, 7) is 16.9. The molecule has 0 aliphatic carbocycles. The lowest BCUT2D eigenvalue weighted by Gasteiger charge is -2.22. The second-order valence-corrected chi connectivity index (χ2v) is 11.6. The smallest absolute Gasteiger partial charge is 0.0991 e. The summed E-state index contributed by atoms with van der Waals surface area (Å²) in [6, 6.07) is 27.7. The maximum Gasteiger partial charge on any atom is 0.147 e. The molecule has 5 rings (SSSR count). The third-order valence-corrected chi connectivity index (χ3v) is 8.57. The van der Waals surface area contributed by atoms with E-state index in [9.17, 15) is 0 Å². The zero-order valence-corrected chi connectivity index (χ0v) is 26.5. The molecule has 0 aromatic heterocycles. The van der Waals surface area contributed by atoms with Crippen molar-refractivity contribution in [3.8, 4) is 11.1 Å². The van der Waals surface area contributed by atoms with Gasteiger partial charge in [-0.15, -0.1) is 0 Å². The summed E-state index contributed by atoms with van der Waals surface area (Å²) < 4.78 is 0. The highest BCUT2D eigenvalue weighted by Crippen LogP contribution is 2.43. The Hall–Kier alpha value is -4.36. The first-order valence-electron chi connectivity index (χ1n) is 15.5. The van der Waals surface area contributed by atoms with Gasteiger partial charge in [0.2, 0.25) is 0 Å². The van der Waals surface area contributed by atoms with E-state index in [2.05, 4.69) is 158 Å². The standard InChI is InChI=1S/C42H42B/c1-8-11-12-16-30(6)33-17-13-14-18-34(33)40-27-42-36-22-20-29(5)24-39(36)38-23-28(4)19-21-35(38)41(42)26-37(40)31(10-3)25-32(43-7)15-9-2/h8-9,11-27,31H,1,10H2,2-7H3/b12-11-,15-9-,30-16+,32-25+. The highest BCUT2D eigenvalue weighted by atomic mass is 14.2. The first-order chi connectivity index (χ1) is 20.9. The summed E-state index contributed by atoms with van der Waals surface area (Å²) in [5.41, 5.74) is 10.3. The van der Waals surface area contributed by atoms with Crippen LogP contribution < -0.4 is 0 Å². The molecule has 0 N–H and O–H groups in total. The van der Waals surface area contributed by atoms with E-state index in [-0.39, 0.29) is 5.92 Å². The Bertz CT molecular complexity index is 1940. The molecule has 0 aliphatic rings. The Labute approximate surface area is 259 Å². The van der Waals surface area contributed by atoms with Gasteiger partial charge in [0.15, 0.2) is 0 Å². The average Bonchev–Trinajstić information content (AvgIpc) is 3.02. The van der Waals surface area contributed by atoms with Gasteiger partial charge in [0.25, 0.3) is 0 Å². The van der Waals surface area contributed by atoms with E-state index in [1.165, 1.54) is 76.7 Å². The number of hydrogen-bond acceptors (Lipinski definition) is 0. The predicted molar refractivity (Wildman–Crippen MR) is 194 cm³/mol. The molecule has 0 bridgehead atoms. The highest BCUT2D eigenvalue weighted by Gasteiger charge is 2.20. The molecule has 43 heavy (non-hydrogen) atoms. The lowest BCUT2D eigenvalue weighted by atomic mass is 9.70. The number of rotatable bonds is 9. The van der Waals surface area contributed by atoms with Gasteiger partial charge in [0, 0.05) is 5.92 Å². The summed E-state index contributed by atoms with van der Waals surface area (Å²) >= 11 is 0. The molecule has 0 spiro atoms. The molecule has 0 nitrogen and oxygen atoms in total. The van der Waals surface area contributed by atoms with Gasteiger partial charge < -0.3 is 0 Å². The topological polar surface area (TPSA) is 0 Å². The first kappa shape index (κ1) is 30.1. The van der Waals surface area contributed by atoms with Crippen LogP contribution in [-0.4, -0.2) is 7.28 Å². The van der Waals surface area contributed by atoms with E-state index >= 15 is 0 Å². The fourth-order valence-electron chi connectivity index (χ4n) is 6.36. The van der Waals surface area contributed by atoms with Crippen LogP contribution >= 0.6 is 0 Å². The maximum atomic E-state index is 3.84. The van der Waals surface area contributed by atoms with Gasteiger partial charge in [-0.3, -0.25) is 0 Å². The minimum Gasteiger partial charge on any atom is -0.0991 e. The van der Waals surface area contributed by atoms with Crippen molar-refractivity contribution in [2.24, 2.45) is 0 Å². The van der Waals surface area contributed by atoms with Gasteiger partial charge in [-0.25, -0.2) is 0 Å². The number of benzene rings is 5. The molecule has 0 heterocycles. The van der Waals surface area contributed by atoms with E-state index in [1.54, 1.807) is 0 Å². The van der Waals surface area contributed by atoms with Gasteiger partial charge in [-0.05, 0) is 106 Å². The van der Waals surface area contributed by atoms with Crippen LogP contribution in [0.4, 0.5) is 0 Å². The van der Waals surface area contributed by atoms with Crippen molar-refractivity contribution in [3.05, 3.63) is 150 Å². The third kappa shape index (κ3) is 6.09. The number of aryl methyl sites for hydroxylation is 2. The lowest BCUT2D eigenvalue weighted by molar-refractivity contribution is 0.807. The molecule has 1 radical (unpaired) electrons. The van der Waals surface area contributed by atoms with Crippen molar-refractivity contribution < 1.29 is 0 Å². The Kier molecular flexibility index (Phi) is 9.32. The van der Waals surface area contributed by atoms with Crippen molar-refractivity contribution >= 4 is 45.2 Å². The number of fused-ring (bicyclic) bond motifs is 6. The molecule has 5 aromatic carbocycles. The summed E-state index contributed by atoms with van der Waals surface area (Å²) in [5.74, 6) is 0.258. The quantitative estimate of drug-likeness (QED) is 0.0961. The van der Waals surface area contributed by atoms with E-state index in [4.69, 9.17) is 0 Å². The van der Waals surface area contributed by atoms with Crippen molar-refractivity contribution in [1.29, 1.82) is 0 Å². The lowest BCUT2D eigenvalue weighted by Crippen LogP contribution is -2.02. The van der Waals surface area contributed by atoms with Gasteiger partial charge in [-0.1, -0.05) is 140 Å². The van der Waals surface area contributed by atoms with E-state index in [0.29, 0.717) is 0 Å². The van der Waals surface area contributed by atoms with Crippen LogP contribution in [0.3, 0.4) is 0 Å². The van der Waals surface area contributed by atoms with Crippen LogP contribution in [0.1, 0.15) is 55.4 Å².